The van der Waals surface area contributed by atoms with Crippen LogP contribution in [0.25, 0.3) is 0 Å². The Bertz CT molecular complexity index is 448. The van der Waals surface area contributed by atoms with Gasteiger partial charge in [-0.3, -0.25) is 4.57 Å². The van der Waals surface area contributed by atoms with Crippen molar-refractivity contribution in [1.29, 1.82) is 0 Å². The van der Waals surface area contributed by atoms with Gasteiger partial charge in [-0.25, -0.2) is 0 Å². The molecule has 0 aromatic heterocycles. The standard InChI is InChI=1S/C11H17Cl2N2O3P/c12-4-6-17-19(16,18-7-5-13)8-9-2-1-3-10(14)11(9)15/h1-3H,4-8,14-15H2. The molecule has 0 aliphatic heterocycles. The molecule has 1 rings (SSSR count). The second kappa shape index (κ2) is 7.98. The summed E-state index contributed by atoms with van der Waals surface area (Å²) >= 11 is 11.1. The quantitative estimate of drug-likeness (QED) is 0.435. The molecular weight excluding hydrogens is 310 g/mol. The van der Waals surface area contributed by atoms with E-state index in [4.69, 9.17) is 43.7 Å². The summed E-state index contributed by atoms with van der Waals surface area (Å²) in [5.41, 5.74) is 13.0. The number of nitrogen functional groups attached to an aromatic ring is 2. The second-order valence-corrected chi connectivity index (χ2v) is 6.54. The summed E-state index contributed by atoms with van der Waals surface area (Å²) in [4.78, 5) is 0. The largest absolute Gasteiger partial charge is 0.397 e. The van der Waals surface area contributed by atoms with Crippen LogP contribution < -0.4 is 11.5 Å². The lowest BCUT2D eigenvalue weighted by Gasteiger charge is -2.19. The Morgan fingerprint density at radius 1 is 1.11 bits per heavy atom. The molecular formula is C11H17Cl2N2O3P. The van der Waals surface area contributed by atoms with Gasteiger partial charge < -0.3 is 20.5 Å². The molecule has 1 aromatic carbocycles. The summed E-state index contributed by atoms with van der Waals surface area (Å²) in [6.45, 7) is 0.257. The van der Waals surface area contributed by atoms with Crippen LogP contribution in [-0.4, -0.2) is 25.0 Å². The van der Waals surface area contributed by atoms with Gasteiger partial charge in [-0.2, -0.15) is 0 Å². The van der Waals surface area contributed by atoms with Crippen molar-refractivity contribution >= 4 is 42.2 Å². The first-order valence-electron chi connectivity index (χ1n) is 5.65. The summed E-state index contributed by atoms with van der Waals surface area (Å²) in [6, 6.07) is 5.13. The molecule has 8 heteroatoms. The topological polar surface area (TPSA) is 87.6 Å². The highest BCUT2D eigenvalue weighted by Crippen LogP contribution is 2.52. The molecule has 0 amide bonds. The fourth-order valence-corrected chi connectivity index (χ4v) is 3.51. The number of nitrogens with two attached hydrogens (primary N) is 2. The monoisotopic (exact) mass is 326 g/mol. The molecule has 0 bridgehead atoms. The molecule has 0 fully saturated rings. The van der Waals surface area contributed by atoms with E-state index in [2.05, 4.69) is 0 Å². The Labute approximate surface area is 122 Å². The predicted molar refractivity (Wildman–Crippen MR) is 79.9 cm³/mol. The number of anilines is 2. The molecule has 1 aromatic rings. The third kappa shape index (κ3) is 5.21. The summed E-state index contributed by atoms with van der Waals surface area (Å²) in [5.74, 6) is 0.446. The number of para-hydroxylation sites is 1. The molecule has 0 spiro atoms. The van der Waals surface area contributed by atoms with Gasteiger partial charge in [-0.05, 0) is 11.6 Å². The fourth-order valence-electron chi connectivity index (χ4n) is 1.46. The number of halogens is 2. The SMILES string of the molecule is Nc1cccc(CP(=O)(OCCCl)OCCCl)c1N. The van der Waals surface area contributed by atoms with Crippen molar-refractivity contribution in [3.8, 4) is 0 Å². The van der Waals surface area contributed by atoms with E-state index in [1.54, 1.807) is 18.2 Å². The minimum atomic E-state index is -3.33. The van der Waals surface area contributed by atoms with E-state index in [1.165, 1.54) is 0 Å². The number of hydrogen-bond donors (Lipinski definition) is 2. The average Bonchev–Trinajstić information content (AvgIpc) is 2.40. The molecule has 0 saturated carbocycles. The zero-order valence-electron chi connectivity index (χ0n) is 10.4. The van der Waals surface area contributed by atoms with Gasteiger partial charge in [0, 0.05) is 11.8 Å². The molecule has 0 saturated heterocycles. The van der Waals surface area contributed by atoms with Crippen molar-refractivity contribution in [3.63, 3.8) is 0 Å². The van der Waals surface area contributed by atoms with Gasteiger partial charge in [0.05, 0.1) is 30.8 Å². The van der Waals surface area contributed by atoms with Crippen molar-refractivity contribution in [3.05, 3.63) is 23.8 Å². The maximum Gasteiger partial charge on any atom is 0.335 e. The first-order chi connectivity index (χ1) is 9.02. The molecule has 5 nitrogen and oxygen atoms in total. The Morgan fingerprint density at radius 2 is 1.68 bits per heavy atom. The lowest BCUT2D eigenvalue weighted by atomic mass is 10.2. The summed E-state index contributed by atoms with van der Waals surface area (Å²) in [6.07, 6.45) is 0.0393. The third-order valence-electron chi connectivity index (χ3n) is 2.32. The number of benzene rings is 1. The first kappa shape index (κ1) is 16.6. The van der Waals surface area contributed by atoms with Crippen LogP contribution in [0.15, 0.2) is 18.2 Å². The van der Waals surface area contributed by atoms with Gasteiger partial charge in [0.1, 0.15) is 0 Å². The molecule has 0 aliphatic carbocycles. The van der Waals surface area contributed by atoms with Crippen molar-refractivity contribution in [1.82, 2.24) is 0 Å². The number of alkyl halides is 2. The lowest BCUT2D eigenvalue weighted by molar-refractivity contribution is 0.221. The zero-order valence-corrected chi connectivity index (χ0v) is 12.8. The smallest absolute Gasteiger partial charge is 0.335 e. The molecule has 0 heterocycles. The van der Waals surface area contributed by atoms with Gasteiger partial charge in [-0.15, -0.1) is 23.2 Å². The third-order valence-corrected chi connectivity index (χ3v) is 4.51. The van der Waals surface area contributed by atoms with Crippen LogP contribution in [0.1, 0.15) is 5.56 Å². The normalized spacial score (nSPS) is 11.7. The highest BCUT2D eigenvalue weighted by atomic mass is 35.5. The van der Waals surface area contributed by atoms with Crippen LogP contribution in [0.5, 0.6) is 0 Å². The lowest BCUT2D eigenvalue weighted by Crippen LogP contribution is -2.06. The van der Waals surface area contributed by atoms with Crippen LogP contribution in [0.4, 0.5) is 11.4 Å². The fraction of sp³-hybridized carbons (Fsp3) is 0.455. The second-order valence-electron chi connectivity index (χ2n) is 3.73. The molecule has 19 heavy (non-hydrogen) atoms. The highest BCUT2D eigenvalue weighted by Gasteiger charge is 2.26. The van der Waals surface area contributed by atoms with E-state index < -0.39 is 7.60 Å². The molecule has 0 unspecified atom stereocenters. The van der Waals surface area contributed by atoms with Crippen molar-refractivity contribution < 1.29 is 13.6 Å². The maximum absolute atomic E-state index is 12.5. The molecule has 4 N–H and O–H groups in total. The van der Waals surface area contributed by atoms with Gasteiger partial charge in [0.2, 0.25) is 0 Å². The van der Waals surface area contributed by atoms with E-state index in [9.17, 15) is 4.57 Å². The summed E-state index contributed by atoms with van der Waals surface area (Å²) in [5, 5.41) is 0. The van der Waals surface area contributed by atoms with Crippen LogP contribution in [0, 0.1) is 0 Å². The molecule has 0 aliphatic rings. The number of rotatable bonds is 8. The Morgan fingerprint density at radius 3 is 2.21 bits per heavy atom. The first-order valence-corrected chi connectivity index (χ1v) is 8.45. The summed E-state index contributed by atoms with van der Waals surface area (Å²) in [7, 11) is -3.33. The van der Waals surface area contributed by atoms with Gasteiger partial charge in [0.25, 0.3) is 0 Å². The van der Waals surface area contributed by atoms with E-state index >= 15 is 0 Å². The van der Waals surface area contributed by atoms with Crippen LogP contribution in [-0.2, 0) is 19.8 Å². The summed E-state index contributed by atoms with van der Waals surface area (Å²) < 4.78 is 23.0. The van der Waals surface area contributed by atoms with Gasteiger partial charge in [0.15, 0.2) is 0 Å². The molecule has 0 radical (unpaired) electrons. The average molecular weight is 327 g/mol. The van der Waals surface area contributed by atoms with Crippen molar-refractivity contribution in [2.24, 2.45) is 0 Å². The van der Waals surface area contributed by atoms with Gasteiger partial charge in [-0.1, -0.05) is 12.1 Å². The Balaban J connectivity index is 2.87. The van der Waals surface area contributed by atoms with E-state index in [0.717, 1.165) is 0 Å². The van der Waals surface area contributed by atoms with Crippen molar-refractivity contribution in [2.45, 2.75) is 6.16 Å². The zero-order chi connectivity index (χ0) is 14.3. The minimum Gasteiger partial charge on any atom is -0.397 e. The highest BCUT2D eigenvalue weighted by molar-refractivity contribution is 7.53. The number of hydrogen-bond acceptors (Lipinski definition) is 5. The van der Waals surface area contributed by atoms with Crippen LogP contribution in [0.3, 0.4) is 0 Å². The Hall–Kier alpha value is -0.450. The molecule has 0 atom stereocenters. The van der Waals surface area contributed by atoms with E-state index in [-0.39, 0.29) is 31.1 Å². The van der Waals surface area contributed by atoms with Crippen LogP contribution in [0.2, 0.25) is 0 Å². The minimum absolute atomic E-state index is 0.0393. The van der Waals surface area contributed by atoms with Crippen molar-refractivity contribution in [2.75, 3.05) is 36.4 Å². The maximum atomic E-state index is 12.5. The molecule has 108 valence electrons. The van der Waals surface area contributed by atoms with E-state index in [0.29, 0.717) is 16.9 Å². The van der Waals surface area contributed by atoms with E-state index in [1.807, 2.05) is 0 Å². The van der Waals surface area contributed by atoms with Gasteiger partial charge >= 0.3 is 7.60 Å². The van der Waals surface area contributed by atoms with Crippen LogP contribution >= 0.6 is 30.8 Å². The Kier molecular flexibility index (Phi) is 6.97. The predicted octanol–water partition coefficient (Wildman–Crippen LogP) is 3.05.